The zero-order valence-electron chi connectivity index (χ0n) is 15.4. The highest BCUT2D eigenvalue weighted by Crippen LogP contribution is 2.51. The summed E-state index contributed by atoms with van der Waals surface area (Å²) >= 11 is 1.78. The number of carboxylic acid groups (broad SMARTS) is 1. The zero-order valence-corrected chi connectivity index (χ0v) is 16.2. The minimum absolute atomic E-state index is 0.249. The van der Waals surface area contributed by atoms with Gasteiger partial charge in [0.2, 0.25) is 5.43 Å². The van der Waals surface area contributed by atoms with Gasteiger partial charge in [-0.1, -0.05) is 12.2 Å². The van der Waals surface area contributed by atoms with Crippen molar-refractivity contribution in [2.75, 3.05) is 7.11 Å². The van der Waals surface area contributed by atoms with Crippen molar-refractivity contribution in [3.05, 3.63) is 56.2 Å². The number of carboxylic acids is 1. The first-order valence-electron chi connectivity index (χ1n) is 9.37. The first-order valence-corrected chi connectivity index (χ1v) is 10.2. The molecule has 0 aliphatic heterocycles. The molecule has 28 heavy (non-hydrogen) atoms. The molecule has 1 fully saturated rings. The molecule has 0 atom stereocenters. The number of fused-ring (bicyclic) bond motifs is 2. The zero-order chi connectivity index (χ0) is 19.4. The third kappa shape index (κ3) is 2.59. The molecule has 2 aliphatic carbocycles. The lowest BCUT2D eigenvalue weighted by atomic mass is 9.96. The number of nitrogens with one attached hydrogen (secondary N) is 1. The van der Waals surface area contributed by atoms with Crippen molar-refractivity contribution in [3.8, 4) is 16.2 Å². The third-order valence-corrected chi connectivity index (χ3v) is 6.77. The number of H-pyrrole nitrogens is 1. The summed E-state index contributed by atoms with van der Waals surface area (Å²) in [4.78, 5) is 29.7. The Morgan fingerprint density at radius 1 is 1.32 bits per heavy atom. The van der Waals surface area contributed by atoms with E-state index in [4.69, 9.17) is 4.74 Å². The number of aromatic nitrogens is 1. The fraction of sp³-hybridized carbons (Fsp3) is 0.273. The van der Waals surface area contributed by atoms with Gasteiger partial charge in [0.05, 0.1) is 18.0 Å². The number of aryl methyl sites for hydroxylation is 1. The number of rotatable bonds is 4. The first-order chi connectivity index (χ1) is 13.6. The molecule has 0 unspecified atom stereocenters. The Balaban J connectivity index is 1.83. The highest BCUT2D eigenvalue weighted by Gasteiger charge is 2.31. The van der Waals surface area contributed by atoms with Crippen molar-refractivity contribution < 1.29 is 14.6 Å². The van der Waals surface area contributed by atoms with Crippen molar-refractivity contribution in [2.24, 2.45) is 0 Å². The van der Waals surface area contributed by atoms with Crippen molar-refractivity contribution >= 4 is 34.3 Å². The van der Waals surface area contributed by atoms with Crippen LogP contribution in [0.15, 0.2) is 29.2 Å². The molecule has 0 radical (unpaired) electrons. The Morgan fingerprint density at radius 2 is 2.14 bits per heavy atom. The van der Waals surface area contributed by atoms with Crippen LogP contribution in [0.3, 0.4) is 0 Å². The minimum atomic E-state index is -1.23. The summed E-state index contributed by atoms with van der Waals surface area (Å²) in [5, 5.41) is 9.69. The number of hydrogen-bond donors (Lipinski definition) is 2. The molecule has 2 aromatic heterocycles. The van der Waals surface area contributed by atoms with Gasteiger partial charge in [-0.15, -0.1) is 11.3 Å². The van der Waals surface area contributed by atoms with Crippen LogP contribution < -0.4 is 10.2 Å². The molecule has 0 spiro atoms. The highest BCUT2D eigenvalue weighted by atomic mass is 32.1. The second kappa shape index (κ2) is 6.34. The Bertz CT molecular complexity index is 1210. The summed E-state index contributed by atoms with van der Waals surface area (Å²) in [6, 6.07) is 4.08. The van der Waals surface area contributed by atoms with Gasteiger partial charge in [-0.05, 0) is 54.9 Å². The van der Waals surface area contributed by atoms with Gasteiger partial charge in [0.25, 0.3) is 0 Å². The van der Waals surface area contributed by atoms with Crippen LogP contribution in [0.1, 0.15) is 51.5 Å². The standard InChI is InChI=1S/C22H19NO4S/c1-27-21-18(17-8-12-4-2-3-5-16(12)28-17)13(11-6-7-11)9-14-19(21)23-10-15(20(14)24)22(25)26/h2,4,8-11H,3,5-7H2,1H3,(H,23,24)(H,25,26). The number of hydrogen-bond acceptors (Lipinski definition) is 4. The van der Waals surface area contributed by atoms with E-state index in [0.29, 0.717) is 22.6 Å². The predicted molar refractivity (Wildman–Crippen MR) is 111 cm³/mol. The van der Waals surface area contributed by atoms with E-state index in [0.717, 1.165) is 41.7 Å². The highest BCUT2D eigenvalue weighted by molar-refractivity contribution is 7.15. The van der Waals surface area contributed by atoms with E-state index in [1.807, 2.05) is 6.07 Å². The van der Waals surface area contributed by atoms with Crippen LogP contribution in [0.25, 0.3) is 27.4 Å². The van der Waals surface area contributed by atoms with E-state index >= 15 is 0 Å². The normalized spacial score (nSPS) is 15.6. The van der Waals surface area contributed by atoms with Crippen LogP contribution in [0.2, 0.25) is 0 Å². The number of allylic oxidation sites excluding steroid dienone is 1. The molecule has 142 valence electrons. The lowest BCUT2D eigenvalue weighted by molar-refractivity contribution is 0.0695. The minimum Gasteiger partial charge on any atom is -0.494 e. The van der Waals surface area contributed by atoms with E-state index in [9.17, 15) is 14.7 Å². The van der Waals surface area contributed by atoms with Crippen LogP contribution in [-0.4, -0.2) is 23.2 Å². The maximum absolute atomic E-state index is 12.8. The van der Waals surface area contributed by atoms with E-state index in [-0.39, 0.29) is 5.56 Å². The van der Waals surface area contributed by atoms with Crippen molar-refractivity contribution in [1.29, 1.82) is 0 Å². The average Bonchev–Trinajstić information content (AvgIpc) is 3.45. The fourth-order valence-electron chi connectivity index (χ4n) is 4.02. The van der Waals surface area contributed by atoms with Crippen molar-refractivity contribution in [2.45, 2.75) is 31.6 Å². The van der Waals surface area contributed by atoms with Crippen molar-refractivity contribution in [3.63, 3.8) is 0 Å². The van der Waals surface area contributed by atoms with Crippen LogP contribution in [0, 0.1) is 0 Å². The van der Waals surface area contributed by atoms with Crippen LogP contribution in [0.5, 0.6) is 5.75 Å². The first kappa shape index (κ1) is 17.3. The molecule has 0 amide bonds. The van der Waals surface area contributed by atoms with Gasteiger partial charge in [-0.3, -0.25) is 4.79 Å². The summed E-state index contributed by atoms with van der Waals surface area (Å²) in [6.45, 7) is 0. The quantitative estimate of drug-likeness (QED) is 0.667. The van der Waals surface area contributed by atoms with Gasteiger partial charge in [0, 0.05) is 21.5 Å². The average molecular weight is 393 g/mol. The number of aromatic carboxylic acids is 1. The SMILES string of the molecule is COc1c(-c2cc3c(s2)CCC=C3)c(C2CC2)cc2c(=O)c(C(=O)O)c[nH]c12. The molecule has 5 rings (SSSR count). The maximum Gasteiger partial charge on any atom is 0.341 e. The van der Waals surface area contributed by atoms with Crippen LogP contribution >= 0.6 is 11.3 Å². The number of ether oxygens (including phenoxy) is 1. The number of thiophene rings is 1. The lowest BCUT2D eigenvalue weighted by Gasteiger charge is -2.16. The monoisotopic (exact) mass is 393 g/mol. The van der Waals surface area contributed by atoms with E-state index in [1.54, 1.807) is 18.4 Å². The lowest BCUT2D eigenvalue weighted by Crippen LogP contribution is -2.16. The van der Waals surface area contributed by atoms with Gasteiger partial charge in [-0.25, -0.2) is 4.79 Å². The second-order valence-corrected chi connectivity index (χ2v) is 8.47. The van der Waals surface area contributed by atoms with Gasteiger partial charge >= 0.3 is 5.97 Å². The number of pyridine rings is 1. The van der Waals surface area contributed by atoms with Crippen LogP contribution in [0.4, 0.5) is 0 Å². The molecule has 1 aromatic carbocycles. The van der Waals surface area contributed by atoms with E-state index in [2.05, 4.69) is 23.2 Å². The van der Waals surface area contributed by atoms with Crippen LogP contribution in [-0.2, 0) is 6.42 Å². The molecule has 0 saturated heterocycles. The Kier molecular flexibility index (Phi) is 3.91. The molecular formula is C22H19NO4S. The number of methoxy groups -OCH3 is 1. The van der Waals surface area contributed by atoms with Gasteiger partial charge in [0.1, 0.15) is 5.56 Å². The molecule has 6 heteroatoms. The topological polar surface area (TPSA) is 79.4 Å². The molecule has 0 bridgehead atoms. The number of aromatic amines is 1. The molecule has 2 N–H and O–H groups in total. The summed E-state index contributed by atoms with van der Waals surface area (Å²) < 4.78 is 5.79. The second-order valence-electron chi connectivity index (χ2n) is 7.34. The van der Waals surface area contributed by atoms with E-state index in [1.165, 1.54) is 16.6 Å². The molecule has 3 aromatic rings. The van der Waals surface area contributed by atoms with Gasteiger partial charge < -0.3 is 14.8 Å². The summed E-state index contributed by atoms with van der Waals surface area (Å²) in [5.74, 6) is -0.219. The predicted octanol–water partition coefficient (Wildman–Crippen LogP) is 4.80. The Morgan fingerprint density at radius 3 is 2.82 bits per heavy atom. The smallest absolute Gasteiger partial charge is 0.341 e. The fourth-order valence-corrected chi connectivity index (χ4v) is 5.24. The molecular weight excluding hydrogens is 374 g/mol. The Labute approximate surface area is 165 Å². The Hall–Kier alpha value is -2.86. The molecule has 1 saturated carbocycles. The summed E-state index contributed by atoms with van der Waals surface area (Å²) in [7, 11) is 1.60. The largest absolute Gasteiger partial charge is 0.494 e. The van der Waals surface area contributed by atoms with Crippen molar-refractivity contribution in [1.82, 2.24) is 4.98 Å². The molecule has 5 nitrogen and oxygen atoms in total. The molecule has 2 heterocycles. The van der Waals surface area contributed by atoms with Gasteiger partial charge in [-0.2, -0.15) is 0 Å². The van der Waals surface area contributed by atoms with E-state index < -0.39 is 11.4 Å². The number of carbonyl (C=O) groups is 1. The third-order valence-electron chi connectivity index (χ3n) is 5.54. The number of benzene rings is 1. The van der Waals surface area contributed by atoms with Gasteiger partial charge in [0.15, 0.2) is 5.75 Å². The molecule has 2 aliphatic rings. The summed E-state index contributed by atoms with van der Waals surface area (Å²) in [5.41, 5.74) is 3.20. The maximum atomic E-state index is 12.8. The summed E-state index contributed by atoms with van der Waals surface area (Å²) in [6.07, 6.45) is 9.88.